The number of hydrogen-bond donors (Lipinski definition) is 0. The minimum atomic E-state index is -0.130. The number of pyridine rings is 1. The van der Waals surface area contributed by atoms with Crippen LogP contribution >= 0.6 is 23.4 Å². The van der Waals surface area contributed by atoms with E-state index in [2.05, 4.69) is 9.98 Å². The summed E-state index contributed by atoms with van der Waals surface area (Å²) in [6.45, 7) is 0. The highest BCUT2D eigenvalue weighted by Crippen LogP contribution is 2.32. The number of carbonyl (C=O) groups excluding carboxylic acids is 1. The molecule has 1 aromatic carbocycles. The molecular weight excluding hydrogens is 342 g/mol. The number of carbonyl (C=O) groups is 1. The van der Waals surface area contributed by atoms with Crippen LogP contribution in [-0.2, 0) is 4.79 Å². The van der Waals surface area contributed by atoms with Crippen LogP contribution in [-0.4, -0.2) is 28.0 Å². The summed E-state index contributed by atoms with van der Waals surface area (Å²) < 4.78 is 0. The van der Waals surface area contributed by atoms with Crippen molar-refractivity contribution in [3.05, 3.63) is 76.3 Å². The first-order valence-electron chi connectivity index (χ1n) is 7.23. The number of allylic oxidation sites excluding steroid dienone is 2. The molecule has 0 bridgehead atoms. The molecule has 4 nitrogen and oxygen atoms in total. The van der Waals surface area contributed by atoms with E-state index >= 15 is 0 Å². The van der Waals surface area contributed by atoms with Crippen LogP contribution in [0.2, 0.25) is 0 Å². The molecule has 3 rings (SSSR count). The van der Waals surface area contributed by atoms with Crippen LogP contribution in [0, 0.1) is 0 Å². The third kappa shape index (κ3) is 3.93. The van der Waals surface area contributed by atoms with Crippen molar-refractivity contribution in [3.63, 3.8) is 0 Å². The smallest absolute Gasteiger partial charge is 0.266 e. The van der Waals surface area contributed by atoms with Crippen LogP contribution in [0.1, 0.15) is 5.56 Å². The lowest BCUT2D eigenvalue weighted by molar-refractivity contribution is -0.121. The van der Waals surface area contributed by atoms with Crippen molar-refractivity contribution >= 4 is 46.3 Å². The standard InChI is InChI=1S/C18H14ClN3OS/c1-22-17(23)15(12-14(19)11-13-7-3-2-4-8-13)24-18(22)21-16-9-5-6-10-20-16/h2-12H,1H3/b14-11-,15-12-,21-18+. The van der Waals surface area contributed by atoms with Crippen LogP contribution < -0.4 is 0 Å². The number of thioether (sulfide) groups is 1. The van der Waals surface area contributed by atoms with Crippen molar-refractivity contribution in [3.8, 4) is 0 Å². The van der Waals surface area contributed by atoms with Gasteiger partial charge in [0.1, 0.15) is 0 Å². The van der Waals surface area contributed by atoms with Gasteiger partial charge in [0.25, 0.3) is 5.91 Å². The number of nitrogens with zero attached hydrogens (tertiary/aromatic N) is 3. The molecule has 6 heteroatoms. The quantitative estimate of drug-likeness (QED) is 0.765. The van der Waals surface area contributed by atoms with E-state index in [1.165, 1.54) is 16.7 Å². The molecule has 0 spiro atoms. The van der Waals surface area contributed by atoms with E-state index < -0.39 is 0 Å². The normalized spacial score (nSPS) is 18.7. The van der Waals surface area contributed by atoms with Crippen LogP contribution in [0.3, 0.4) is 0 Å². The van der Waals surface area contributed by atoms with Gasteiger partial charge in [-0.3, -0.25) is 9.69 Å². The Balaban J connectivity index is 1.83. The molecule has 0 aliphatic carbocycles. The van der Waals surface area contributed by atoms with E-state index in [-0.39, 0.29) is 5.91 Å². The maximum absolute atomic E-state index is 12.3. The molecule has 2 heterocycles. The number of aliphatic imine (C=N–C) groups is 1. The van der Waals surface area contributed by atoms with Gasteiger partial charge in [0.2, 0.25) is 0 Å². The first-order chi connectivity index (χ1) is 11.6. The van der Waals surface area contributed by atoms with E-state index in [4.69, 9.17) is 11.6 Å². The highest BCUT2D eigenvalue weighted by Gasteiger charge is 2.30. The summed E-state index contributed by atoms with van der Waals surface area (Å²) in [6.07, 6.45) is 5.15. The molecule has 1 aliphatic heterocycles. The van der Waals surface area contributed by atoms with E-state index in [0.717, 1.165) is 5.56 Å². The average Bonchev–Trinajstić information content (AvgIpc) is 2.85. The summed E-state index contributed by atoms with van der Waals surface area (Å²) in [6, 6.07) is 15.2. The predicted octanol–water partition coefficient (Wildman–Crippen LogP) is 4.44. The van der Waals surface area contributed by atoms with E-state index in [1.54, 1.807) is 25.4 Å². The van der Waals surface area contributed by atoms with Crippen molar-refractivity contribution in [1.82, 2.24) is 9.88 Å². The topological polar surface area (TPSA) is 45.6 Å². The zero-order chi connectivity index (χ0) is 16.9. The monoisotopic (exact) mass is 355 g/mol. The number of halogens is 1. The van der Waals surface area contributed by atoms with Gasteiger partial charge in [-0.15, -0.1) is 0 Å². The number of hydrogen-bond acceptors (Lipinski definition) is 4. The predicted molar refractivity (Wildman–Crippen MR) is 100 cm³/mol. The van der Waals surface area contributed by atoms with Gasteiger partial charge in [0, 0.05) is 18.3 Å². The van der Waals surface area contributed by atoms with Gasteiger partial charge in [-0.25, -0.2) is 9.98 Å². The Labute approximate surface area is 149 Å². The molecule has 1 amide bonds. The number of amides is 1. The second kappa shape index (κ2) is 7.47. The van der Waals surface area contributed by atoms with Gasteiger partial charge in [0.05, 0.1) is 4.91 Å². The van der Waals surface area contributed by atoms with Crippen molar-refractivity contribution in [2.75, 3.05) is 7.05 Å². The molecule has 0 N–H and O–H groups in total. The fourth-order valence-corrected chi connectivity index (χ4v) is 3.31. The third-order valence-corrected chi connectivity index (χ3v) is 4.51. The van der Waals surface area contributed by atoms with Crippen LogP contribution in [0.5, 0.6) is 0 Å². The molecule has 2 aromatic rings. The van der Waals surface area contributed by atoms with E-state index in [0.29, 0.717) is 20.9 Å². The number of amidine groups is 1. The Morgan fingerprint density at radius 2 is 1.96 bits per heavy atom. The minimum absolute atomic E-state index is 0.130. The Kier molecular flexibility index (Phi) is 5.13. The summed E-state index contributed by atoms with van der Waals surface area (Å²) >= 11 is 7.55. The summed E-state index contributed by atoms with van der Waals surface area (Å²) in [7, 11) is 1.69. The lowest BCUT2D eigenvalue weighted by Gasteiger charge is -2.06. The fourth-order valence-electron chi connectivity index (χ4n) is 2.04. The Morgan fingerprint density at radius 1 is 1.21 bits per heavy atom. The minimum Gasteiger partial charge on any atom is -0.289 e. The molecule has 120 valence electrons. The van der Waals surface area contributed by atoms with Gasteiger partial charge in [-0.2, -0.15) is 0 Å². The summed E-state index contributed by atoms with van der Waals surface area (Å²) in [5, 5.41) is 1.07. The number of rotatable bonds is 3. The van der Waals surface area contributed by atoms with Crippen molar-refractivity contribution in [2.45, 2.75) is 0 Å². The van der Waals surface area contributed by atoms with Gasteiger partial charge < -0.3 is 0 Å². The molecular formula is C18H14ClN3OS. The van der Waals surface area contributed by atoms with Crippen molar-refractivity contribution in [1.29, 1.82) is 0 Å². The maximum atomic E-state index is 12.3. The molecule has 0 unspecified atom stereocenters. The van der Waals surface area contributed by atoms with Gasteiger partial charge in [0.15, 0.2) is 11.0 Å². The first kappa shape index (κ1) is 16.5. The summed E-state index contributed by atoms with van der Waals surface area (Å²) in [5.74, 6) is 0.432. The number of likely N-dealkylation sites (N-methyl/N-ethyl adjacent to an activating group) is 1. The SMILES string of the molecule is CN1C(=O)/C(=C/C(Cl)=C/c2ccccc2)S/C1=N/c1ccccn1. The maximum Gasteiger partial charge on any atom is 0.266 e. The highest BCUT2D eigenvalue weighted by atomic mass is 35.5. The average molecular weight is 356 g/mol. The highest BCUT2D eigenvalue weighted by molar-refractivity contribution is 8.18. The second-order valence-electron chi connectivity index (χ2n) is 5.00. The van der Waals surface area contributed by atoms with Crippen LogP contribution in [0.4, 0.5) is 5.82 Å². The fraction of sp³-hybridized carbons (Fsp3) is 0.0556. The molecule has 1 aromatic heterocycles. The lowest BCUT2D eigenvalue weighted by Crippen LogP contribution is -2.23. The molecule has 1 saturated heterocycles. The first-order valence-corrected chi connectivity index (χ1v) is 8.42. The van der Waals surface area contributed by atoms with Crippen LogP contribution in [0.15, 0.2) is 75.7 Å². The van der Waals surface area contributed by atoms with E-state index in [1.807, 2.05) is 48.5 Å². The molecule has 1 fully saturated rings. The lowest BCUT2D eigenvalue weighted by atomic mass is 10.2. The van der Waals surface area contributed by atoms with Gasteiger partial charge in [-0.1, -0.05) is 48.0 Å². The van der Waals surface area contributed by atoms with E-state index in [9.17, 15) is 4.79 Å². The Bertz CT molecular complexity index is 832. The van der Waals surface area contributed by atoms with Crippen LogP contribution in [0.25, 0.3) is 6.08 Å². The molecule has 0 atom stereocenters. The van der Waals surface area contributed by atoms with Gasteiger partial charge in [-0.05, 0) is 41.6 Å². The number of benzene rings is 1. The Hall–Kier alpha value is -2.37. The van der Waals surface area contributed by atoms with Crippen molar-refractivity contribution in [2.24, 2.45) is 4.99 Å². The Morgan fingerprint density at radius 3 is 2.67 bits per heavy atom. The third-order valence-electron chi connectivity index (χ3n) is 3.24. The second-order valence-corrected chi connectivity index (χ2v) is 6.44. The van der Waals surface area contributed by atoms with Gasteiger partial charge >= 0.3 is 0 Å². The molecule has 0 saturated carbocycles. The zero-order valence-electron chi connectivity index (χ0n) is 12.9. The number of aromatic nitrogens is 1. The molecule has 24 heavy (non-hydrogen) atoms. The summed E-state index contributed by atoms with van der Waals surface area (Å²) in [4.78, 5) is 22.9. The molecule has 0 radical (unpaired) electrons. The summed E-state index contributed by atoms with van der Waals surface area (Å²) in [5.41, 5.74) is 0.977. The zero-order valence-corrected chi connectivity index (χ0v) is 14.5. The molecule has 1 aliphatic rings. The largest absolute Gasteiger partial charge is 0.289 e. The van der Waals surface area contributed by atoms with Crippen molar-refractivity contribution < 1.29 is 4.79 Å².